The Morgan fingerprint density at radius 1 is 1.46 bits per heavy atom. The van der Waals surface area contributed by atoms with Crippen molar-refractivity contribution in [2.45, 2.75) is 33.1 Å². The van der Waals surface area contributed by atoms with Gasteiger partial charge in [-0.15, -0.1) is 0 Å². The minimum Gasteiger partial charge on any atom is -0.477 e. The SMILES string of the molecule is Cc1cc(C(C)C)c2c(n1)OCC2. The van der Waals surface area contributed by atoms with E-state index in [1.165, 1.54) is 11.1 Å². The van der Waals surface area contributed by atoms with Gasteiger partial charge < -0.3 is 4.74 Å². The fraction of sp³-hybridized carbons (Fsp3) is 0.545. The lowest BCUT2D eigenvalue weighted by molar-refractivity contribution is 0.344. The van der Waals surface area contributed by atoms with Crippen molar-refractivity contribution in [3.8, 4) is 5.88 Å². The summed E-state index contributed by atoms with van der Waals surface area (Å²) in [6.07, 6.45) is 1.02. The van der Waals surface area contributed by atoms with E-state index in [-0.39, 0.29) is 0 Å². The van der Waals surface area contributed by atoms with E-state index in [1.54, 1.807) is 0 Å². The summed E-state index contributed by atoms with van der Waals surface area (Å²) in [5.74, 6) is 1.43. The van der Waals surface area contributed by atoms with Crippen LogP contribution in [0, 0.1) is 6.92 Å². The van der Waals surface area contributed by atoms with E-state index in [0.717, 1.165) is 24.6 Å². The van der Waals surface area contributed by atoms with Gasteiger partial charge in [-0.1, -0.05) is 13.8 Å². The highest BCUT2D eigenvalue weighted by atomic mass is 16.5. The van der Waals surface area contributed by atoms with Gasteiger partial charge in [-0.25, -0.2) is 4.98 Å². The largest absolute Gasteiger partial charge is 0.477 e. The van der Waals surface area contributed by atoms with Crippen LogP contribution in [0.1, 0.15) is 36.6 Å². The molecule has 0 unspecified atom stereocenters. The number of aromatic nitrogens is 1. The number of rotatable bonds is 1. The first-order chi connectivity index (χ1) is 6.18. The summed E-state index contributed by atoms with van der Waals surface area (Å²) in [4.78, 5) is 4.37. The normalized spacial score (nSPS) is 14.5. The van der Waals surface area contributed by atoms with Crippen molar-refractivity contribution in [2.24, 2.45) is 0 Å². The van der Waals surface area contributed by atoms with Gasteiger partial charge in [0, 0.05) is 17.7 Å². The zero-order chi connectivity index (χ0) is 9.42. The van der Waals surface area contributed by atoms with Gasteiger partial charge in [-0.05, 0) is 24.5 Å². The molecule has 1 aromatic heterocycles. The number of fused-ring (bicyclic) bond motifs is 1. The van der Waals surface area contributed by atoms with Crippen molar-refractivity contribution in [2.75, 3.05) is 6.61 Å². The Kier molecular flexibility index (Phi) is 1.98. The lowest BCUT2D eigenvalue weighted by Crippen LogP contribution is -1.96. The monoisotopic (exact) mass is 177 g/mol. The minimum atomic E-state index is 0.567. The molecule has 1 aromatic rings. The van der Waals surface area contributed by atoms with Gasteiger partial charge in [0.1, 0.15) is 0 Å². The molecule has 0 spiro atoms. The third-order valence-electron chi connectivity index (χ3n) is 2.46. The molecule has 1 aliphatic heterocycles. The van der Waals surface area contributed by atoms with Crippen LogP contribution in [0.15, 0.2) is 6.07 Å². The minimum absolute atomic E-state index is 0.567. The Morgan fingerprint density at radius 3 is 2.92 bits per heavy atom. The second-order valence-corrected chi connectivity index (χ2v) is 3.89. The Hall–Kier alpha value is -1.05. The molecule has 0 aromatic carbocycles. The van der Waals surface area contributed by atoms with Crippen LogP contribution in [-0.4, -0.2) is 11.6 Å². The van der Waals surface area contributed by atoms with E-state index in [1.807, 2.05) is 6.92 Å². The maximum Gasteiger partial charge on any atom is 0.217 e. The Bertz CT molecular complexity index is 331. The molecule has 2 heterocycles. The predicted molar refractivity (Wildman–Crippen MR) is 52.3 cm³/mol. The van der Waals surface area contributed by atoms with Crippen LogP contribution in [0.4, 0.5) is 0 Å². The lowest BCUT2D eigenvalue weighted by atomic mass is 9.97. The number of pyridine rings is 1. The molecule has 2 nitrogen and oxygen atoms in total. The second-order valence-electron chi connectivity index (χ2n) is 3.89. The van der Waals surface area contributed by atoms with Crippen molar-refractivity contribution in [3.63, 3.8) is 0 Å². The molecule has 1 aliphatic rings. The molecule has 70 valence electrons. The highest BCUT2D eigenvalue weighted by Gasteiger charge is 2.19. The van der Waals surface area contributed by atoms with E-state index >= 15 is 0 Å². The third-order valence-corrected chi connectivity index (χ3v) is 2.46. The van der Waals surface area contributed by atoms with Crippen molar-refractivity contribution in [3.05, 3.63) is 22.9 Å². The van der Waals surface area contributed by atoms with Gasteiger partial charge in [-0.2, -0.15) is 0 Å². The topological polar surface area (TPSA) is 22.1 Å². The maximum atomic E-state index is 5.46. The standard InChI is InChI=1S/C11H15NO/c1-7(2)10-6-8(3)12-11-9(10)4-5-13-11/h6-7H,4-5H2,1-3H3. The van der Waals surface area contributed by atoms with Gasteiger partial charge in [0.05, 0.1) is 6.61 Å². The summed E-state index contributed by atoms with van der Waals surface area (Å²) in [5.41, 5.74) is 3.78. The maximum absolute atomic E-state index is 5.46. The van der Waals surface area contributed by atoms with Gasteiger partial charge in [0.15, 0.2) is 0 Å². The smallest absolute Gasteiger partial charge is 0.217 e. The summed E-state index contributed by atoms with van der Waals surface area (Å²) in [6.45, 7) is 7.25. The lowest BCUT2D eigenvalue weighted by Gasteiger charge is -2.10. The second kappa shape index (κ2) is 3.02. The molecule has 13 heavy (non-hydrogen) atoms. The summed E-state index contributed by atoms with van der Waals surface area (Å²) in [5, 5.41) is 0. The molecular weight excluding hydrogens is 162 g/mol. The molecule has 2 rings (SSSR count). The first-order valence-electron chi connectivity index (χ1n) is 4.81. The van der Waals surface area contributed by atoms with Crippen LogP contribution in [0.3, 0.4) is 0 Å². The molecule has 0 aliphatic carbocycles. The molecule has 0 saturated carbocycles. The number of nitrogens with zero attached hydrogens (tertiary/aromatic N) is 1. The summed E-state index contributed by atoms with van der Waals surface area (Å²) >= 11 is 0. The number of hydrogen-bond donors (Lipinski definition) is 0. The van der Waals surface area contributed by atoms with Crippen molar-refractivity contribution in [1.29, 1.82) is 0 Å². The molecule has 0 saturated heterocycles. The van der Waals surface area contributed by atoms with E-state index in [9.17, 15) is 0 Å². The highest BCUT2D eigenvalue weighted by molar-refractivity contribution is 5.40. The van der Waals surface area contributed by atoms with Crippen molar-refractivity contribution in [1.82, 2.24) is 4.98 Å². The number of hydrogen-bond acceptors (Lipinski definition) is 2. The van der Waals surface area contributed by atoms with Gasteiger partial charge in [0.25, 0.3) is 0 Å². The first kappa shape index (κ1) is 8.54. The van der Waals surface area contributed by atoms with Crippen molar-refractivity contribution < 1.29 is 4.74 Å². The number of aryl methyl sites for hydroxylation is 1. The van der Waals surface area contributed by atoms with Crippen LogP contribution in [0.5, 0.6) is 5.88 Å². The first-order valence-corrected chi connectivity index (χ1v) is 4.81. The van der Waals surface area contributed by atoms with Crippen LogP contribution in [-0.2, 0) is 6.42 Å². The molecule has 0 N–H and O–H groups in total. The molecule has 0 amide bonds. The molecule has 2 heteroatoms. The third kappa shape index (κ3) is 1.41. The van der Waals surface area contributed by atoms with Crippen LogP contribution >= 0.6 is 0 Å². The number of ether oxygens (including phenoxy) is 1. The van der Waals surface area contributed by atoms with Crippen LogP contribution in [0.25, 0.3) is 0 Å². The molecular formula is C11H15NO. The fourth-order valence-electron chi connectivity index (χ4n) is 1.83. The van der Waals surface area contributed by atoms with E-state index in [0.29, 0.717) is 5.92 Å². The summed E-state index contributed by atoms with van der Waals surface area (Å²) in [6, 6.07) is 2.18. The van der Waals surface area contributed by atoms with Gasteiger partial charge in [-0.3, -0.25) is 0 Å². The average Bonchev–Trinajstić information content (AvgIpc) is 2.49. The highest BCUT2D eigenvalue weighted by Crippen LogP contribution is 2.31. The van der Waals surface area contributed by atoms with E-state index < -0.39 is 0 Å². The summed E-state index contributed by atoms with van der Waals surface area (Å²) in [7, 11) is 0. The fourth-order valence-corrected chi connectivity index (χ4v) is 1.83. The van der Waals surface area contributed by atoms with Crippen LogP contribution < -0.4 is 4.74 Å². The predicted octanol–water partition coefficient (Wildman–Crippen LogP) is 2.45. The quantitative estimate of drug-likeness (QED) is 0.657. The van der Waals surface area contributed by atoms with E-state index in [2.05, 4.69) is 24.9 Å². The Balaban J connectivity index is 2.55. The zero-order valence-electron chi connectivity index (χ0n) is 8.42. The van der Waals surface area contributed by atoms with Crippen molar-refractivity contribution >= 4 is 0 Å². The molecule has 0 fully saturated rings. The molecule has 0 bridgehead atoms. The van der Waals surface area contributed by atoms with Gasteiger partial charge >= 0.3 is 0 Å². The molecule has 0 atom stereocenters. The zero-order valence-corrected chi connectivity index (χ0v) is 8.42. The molecule has 0 radical (unpaired) electrons. The average molecular weight is 177 g/mol. The summed E-state index contributed by atoms with van der Waals surface area (Å²) < 4.78 is 5.46. The van der Waals surface area contributed by atoms with E-state index in [4.69, 9.17) is 4.74 Å². The Morgan fingerprint density at radius 2 is 2.23 bits per heavy atom. The van der Waals surface area contributed by atoms with Crippen LogP contribution in [0.2, 0.25) is 0 Å². The van der Waals surface area contributed by atoms with Gasteiger partial charge in [0.2, 0.25) is 5.88 Å². The Labute approximate surface area is 78.9 Å².